The molecule has 2 atom stereocenters. The lowest BCUT2D eigenvalue weighted by Crippen LogP contribution is -2.49. The van der Waals surface area contributed by atoms with E-state index in [9.17, 15) is 0 Å². The summed E-state index contributed by atoms with van der Waals surface area (Å²) in [5.41, 5.74) is 0.213. The second-order valence-electron chi connectivity index (χ2n) is 5.77. The summed E-state index contributed by atoms with van der Waals surface area (Å²) in [4.78, 5) is 2.45. The predicted molar refractivity (Wildman–Crippen MR) is 77.1 cm³/mol. The normalized spacial score (nSPS) is 16.0. The Labute approximate surface area is 113 Å². The maximum absolute atomic E-state index is 5.27. The minimum atomic E-state index is 0.213. The molecule has 0 aliphatic carbocycles. The molecule has 4 heteroatoms. The molecule has 0 spiro atoms. The van der Waals surface area contributed by atoms with Crippen LogP contribution in [0, 0.1) is 5.41 Å². The molecule has 2 unspecified atom stereocenters. The smallest absolute Gasteiger partial charge is 0.0615 e. The quantitative estimate of drug-likeness (QED) is 0.647. The van der Waals surface area contributed by atoms with Crippen molar-refractivity contribution in [2.45, 2.75) is 39.8 Å². The maximum atomic E-state index is 5.27. The lowest BCUT2D eigenvalue weighted by molar-refractivity contribution is 0.0436. The first-order chi connectivity index (χ1) is 8.38. The third kappa shape index (κ3) is 6.14. The van der Waals surface area contributed by atoms with E-state index in [4.69, 9.17) is 9.47 Å². The summed E-state index contributed by atoms with van der Waals surface area (Å²) in [6, 6.07) is 0.880. The predicted octanol–water partition coefficient (Wildman–Crippen LogP) is 1.60. The zero-order valence-electron chi connectivity index (χ0n) is 13.2. The Bertz CT molecular complexity index is 210. The SMILES string of the molecule is CNC(C)C(C)(C)CN(CCOC)C(C)COC. The fourth-order valence-corrected chi connectivity index (χ4v) is 2.06. The number of methoxy groups -OCH3 is 2. The number of ether oxygens (including phenoxy) is 2. The lowest BCUT2D eigenvalue weighted by atomic mass is 9.84. The van der Waals surface area contributed by atoms with Gasteiger partial charge in [0.1, 0.15) is 0 Å². The maximum Gasteiger partial charge on any atom is 0.0615 e. The number of hydrogen-bond acceptors (Lipinski definition) is 4. The Hall–Kier alpha value is -0.160. The van der Waals surface area contributed by atoms with Gasteiger partial charge in [-0.05, 0) is 26.3 Å². The Morgan fingerprint density at radius 3 is 2.22 bits per heavy atom. The second-order valence-corrected chi connectivity index (χ2v) is 5.77. The van der Waals surface area contributed by atoms with Crippen LogP contribution in [0.25, 0.3) is 0 Å². The van der Waals surface area contributed by atoms with Gasteiger partial charge >= 0.3 is 0 Å². The average molecular weight is 260 g/mol. The minimum Gasteiger partial charge on any atom is -0.383 e. The Morgan fingerprint density at radius 1 is 1.17 bits per heavy atom. The molecule has 110 valence electrons. The molecule has 18 heavy (non-hydrogen) atoms. The molecule has 0 bridgehead atoms. The van der Waals surface area contributed by atoms with Crippen LogP contribution in [0.2, 0.25) is 0 Å². The van der Waals surface area contributed by atoms with Crippen molar-refractivity contribution in [1.29, 1.82) is 0 Å². The number of hydrogen-bond donors (Lipinski definition) is 1. The van der Waals surface area contributed by atoms with Crippen LogP contribution in [0.4, 0.5) is 0 Å². The number of nitrogens with zero attached hydrogens (tertiary/aromatic N) is 1. The van der Waals surface area contributed by atoms with Crippen molar-refractivity contribution < 1.29 is 9.47 Å². The van der Waals surface area contributed by atoms with Gasteiger partial charge in [0.2, 0.25) is 0 Å². The summed E-state index contributed by atoms with van der Waals surface area (Å²) < 4.78 is 10.5. The summed E-state index contributed by atoms with van der Waals surface area (Å²) in [7, 11) is 5.53. The molecular weight excluding hydrogens is 228 g/mol. The van der Waals surface area contributed by atoms with Crippen molar-refractivity contribution in [3.63, 3.8) is 0 Å². The van der Waals surface area contributed by atoms with Gasteiger partial charge in [0.25, 0.3) is 0 Å². The standard InChI is InChI=1S/C14H32N2O2/c1-12(10-18-7)16(8-9-17-6)11-14(3,4)13(2)15-5/h12-13,15H,8-11H2,1-7H3. The lowest BCUT2D eigenvalue weighted by Gasteiger charge is -2.39. The van der Waals surface area contributed by atoms with Gasteiger partial charge in [-0.2, -0.15) is 0 Å². The molecule has 0 radical (unpaired) electrons. The highest BCUT2D eigenvalue weighted by Crippen LogP contribution is 2.23. The van der Waals surface area contributed by atoms with Crippen LogP contribution < -0.4 is 5.32 Å². The van der Waals surface area contributed by atoms with E-state index < -0.39 is 0 Å². The Balaban J connectivity index is 4.55. The van der Waals surface area contributed by atoms with Crippen molar-refractivity contribution in [2.75, 3.05) is 47.6 Å². The largest absolute Gasteiger partial charge is 0.383 e. The van der Waals surface area contributed by atoms with E-state index in [1.54, 1.807) is 14.2 Å². The Morgan fingerprint density at radius 2 is 1.78 bits per heavy atom. The fourth-order valence-electron chi connectivity index (χ4n) is 2.06. The molecule has 1 N–H and O–H groups in total. The molecule has 0 saturated heterocycles. The molecule has 0 rings (SSSR count). The number of rotatable bonds is 10. The molecule has 0 amide bonds. The molecular formula is C14H32N2O2. The van der Waals surface area contributed by atoms with Gasteiger partial charge < -0.3 is 14.8 Å². The molecule has 0 heterocycles. The first-order valence-electron chi connectivity index (χ1n) is 6.78. The third-order valence-electron chi connectivity index (χ3n) is 3.83. The van der Waals surface area contributed by atoms with Crippen molar-refractivity contribution in [2.24, 2.45) is 5.41 Å². The second kappa shape index (κ2) is 8.86. The van der Waals surface area contributed by atoms with E-state index >= 15 is 0 Å². The summed E-state index contributed by atoms with van der Waals surface area (Å²) in [5, 5.41) is 3.35. The highest BCUT2D eigenvalue weighted by molar-refractivity contribution is 4.84. The zero-order valence-corrected chi connectivity index (χ0v) is 13.2. The van der Waals surface area contributed by atoms with Crippen LogP contribution in [-0.2, 0) is 9.47 Å². The van der Waals surface area contributed by atoms with E-state index in [0.717, 1.165) is 26.3 Å². The molecule has 0 saturated carbocycles. The molecule has 0 aromatic rings. The van der Waals surface area contributed by atoms with E-state index in [1.807, 2.05) is 7.05 Å². The zero-order chi connectivity index (χ0) is 14.2. The molecule has 0 aliphatic rings. The summed E-state index contributed by atoms with van der Waals surface area (Å²) in [6.45, 7) is 12.5. The minimum absolute atomic E-state index is 0.213. The molecule has 4 nitrogen and oxygen atoms in total. The Kier molecular flexibility index (Phi) is 8.78. The van der Waals surface area contributed by atoms with Gasteiger partial charge in [-0.15, -0.1) is 0 Å². The van der Waals surface area contributed by atoms with Crippen molar-refractivity contribution >= 4 is 0 Å². The van der Waals surface area contributed by atoms with Gasteiger partial charge in [-0.3, -0.25) is 4.90 Å². The van der Waals surface area contributed by atoms with Gasteiger partial charge in [-0.1, -0.05) is 13.8 Å². The first-order valence-corrected chi connectivity index (χ1v) is 6.78. The molecule has 0 aromatic heterocycles. The van der Waals surface area contributed by atoms with E-state index in [1.165, 1.54) is 0 Å². The summed E-state index contributed by atoms with van der Waals surface area (Å²) in [6.07, 6.45) is 0. The summed E-state index contributed by atoms with van der Waals surface area (Å²) in [5.74, 6) is 0. The van der Waals surface area contributed by atoms with Crippen LogP contribution in [0.15, 0.2) is 0 Å². The summed E-state index contributed by atoms with van der Waals surface area (Å²) >= 11 is 0. The van der Waals surface area contributed by atoms with Gasteiger partial charge in [0, 0.05) is 39.4 Å². The van der Waals surface area contributed by atoms with E-state index in [-0.39, 0.29) is 5.41 Å². The first kappa shape index (κ1) is 17.8. The highest BCUT2D eigenvalue weighted by Gasteiger charge is 2.29. The van der Waals surface area contributed by atoms with Crippen LogP contribution in [0.5, 0.6) is 0 Å². The molecule has 0 aliphatic heterocycles. The molecule has 0 fully saturated rings. The van der Waals surface area contributed by atoms with Crippen LogP contribution in [0.1, 0.15) is 27.7 Å². The van der Waals surface area contributed by atoms with Crippen molar-refractivity contribution in [3.8, 4) is 0 Å². The van der Waals surface area contributed by atoms with Crippen molar-refractivity contribution in [3.05, 3.63) is 0 Å². The third-order valence-corrected chi connectivity index (χ3v) is 3.83. The van der Waals surface area contributed by atoms with E-state index in [2.05, 4.69) is 37.9 Å². The van der Waals surface area contributed by atoms with Crippen LogP contribution >= 0.6 is 0 Å². The van der Waals surface area contributed by atoms with Crippen LogP contribution in [0.3, 0.4) is 0 Å². The average Bonchev–Trinajstić information content (AvgIpc) is 2.33. The fraction of sp³-hybridized carbons (Fsp3) is 1.00. The van der Waals surface area contributed by atoms with Crippen LogP contribution in [-0.4, -0.2) is 64.6 Å². The molecule has 0 aromatic carbocycles. The number of nitrogens with one attached hydrogen (secondary N) is 1. The van der Waals surface area contributed by atoms with Gasteiger partial charge in [0.15, 0.2) is 0 Å². The van der Waals surface area contributed by atoms with Crippen molar-refractivity contribution in [1.82, 2.24) is 10.2 Å². The highest BCUT2D eigenvalue weighted by atomic mass is 16.5. The monoisotopic (exact) mass is 260 g/mol. The van der Waals surface area contributed by atoms with Gasteiger partial charge in [0.05, 0.1) is 13.2 Å². The van der Waals surface area contributed by atoms with Gasteiger partial charge in [-0.25, -0.2) is 0 Å². The topological polar surface area (TPSA) is 33.7 Å². The van der Waals surface area contributed by atoms with E-state index in [0.29, 0.717) is 12.1 Å².